The van der Waals surface area contributed by atoms with Gasteiger partial charge in [-0.3, -0.25) is 0 Å². The van der Waals surface area contributed by atoms with Crippen molar-refractivity contribution in [2.24, 2.45) is 0 Å². The van der Waals surface area contributed by atoms with Gasteiger partial charge in [0, 0.05) is 30.1 Å². The number of alkyl halides is 1. The fourth-order valence-electron chi connectivity index (χ4n) is 1.07. The molecule has 78 valence electrons. The van der Waals surface area contributed by atoms with E-state index in [-0.39, 0.29) is 5.38 Å². The number of hydrogen-bond donors (Lipinski definition) is 1. The molecule has 0 saturated heterocycles. The second-order valence-electron chi connectivity index (χ2n) is 3.15. The molecule has 1 N–H and O–H groups in total. The second-order valence-corrected chi connectivity index (χ2v) is 3.89. The zero-order chi connectivity index (χ0) is 10.6. The Kier molecular flexibility index (Phi) is 4.29. The van der Waals surface area contributed by atoms with E-state index in [4.69, 9.17) is 11.6 Å². The van der Waals surface area contributed by atoms with Crippen molar-refractivity contribution in [2.75, 3.05) is 6.54 Å². The highest BCUT2D eigenvalue weighted by atomic mass is 35.5. The van der Waals surface area contributed by atoms with Gasteiger partial charge in [-0.1, -0.05) is 6.07 Å². The molecule has 1 atom stereocenters. The first kappa shape index (κ1) is 11.4. The third-order valence-electron chi connectivity index (χ3n) is 1.76. The largest absolute Gasteiger partial charge is 0.311 e. The highest BCUT2D eigenvalue weighted by molar-refractivity contribution is 6.20. The molecule has 0 radical (unpaired) electrons. The van der Waals surface area contributed by atoms with E-state index >= 15 is 0 Å². The molecule has 1 unspecified atom stereocenters. The quantitative estimate of drug-likeness (QED) is 0.768. The van der Waals surface area contributed by atoms with E-state index in [1.165, 1.54) is 12.1 Å². The molecular weight excluding hydrogens is 208 g/mol. The number of rotatable bonds is 4. The summed E-state index contributed by atoms with van der Waals surface area (Å²) in [6.45, 7) is 2.80. The first-order chi connectivity index (χ1) is 6.59. The van der Waals surface area contributed by atoms with Crippen LogP contribution in [0.2, 0.25) is 0 Å². The molecule has 1 nitrogen and oxygen atoms in total. The molecule has 0 aliphatic heterocycles. The summed E-state index contributed by atoms with van der Waals surface area (Å²) in [5.74, 6) is -1.09. The van der Waals surface area contributed by atoms with Crippen LogP contribution in [0.25, 0.3) is 0 Å². The smallest absolute Gasteiger partial charge is 0.130 e. The van der Waals surface area contributed by atoms with Crippen molar-refractivity contribution < 1.29 is 8.78 Å². The maximum atomic E-state index is 13.1. The average Bonchev–Trinajstić information content (AvgIpc) is 2.08. The van der Waals surface area contributed by atoms with Crippen LogP contribution in [0.15, 0.2) is 18.2 Å². The van der Waals surface area contributed by atoms with Crippen LogP contribution in [0.3, 0.4) is 0 Å². The SMILES string of the molecule is CC(Cl)CNCc1ccc(F)cc1F. The summed E-state index contributed by atoms with van der Waals surface area (Å²) in [4.78, 5) is 0. The number of halogens is 3. The van der Waals surface area contributed by atoms with Gasteiger partial charge in [-0.2, -0.15) is 0 Å². The minimum absolute atomic E-state index is 0.00138. The standard InChI is InChI=1S/C10H12ClF2N/c1-7(11)5-14-6-8-2-3-9(12)4-10(8)13/h2-4,7,14H,5-6H2,1H3. The third kappa shape index (κ3) is 3.60. The predicted molar refractivity (Wildman–Crippen MR) is 53.4 cm³/mol. The third-order valence-corrected chi connectivity index (χ3v) is 1.91. The van der Waals surface area contributed by atoms with Gasteiger partial charge in [-0.25, -0.2) is 8.78 Å². The Labute approximate surface area is 87.1 Å². The first-order valence-electron chi connectivity index (χ1n) is 4.38. The van der Waals surface area contributed by atoms with Crippen molar-refractivity contribution in [1.82, 2.24) is 5.32 Å². The Bertz CT molecular complexity index is 302. The fraction of sp³-hybridized carbons (Fsp3) is 0.400. The maximum Gasteiger partial charge on any atom is 0.130 e. The molecule has 0 aromatic heterocycles. The summed E-state index contributed by atoms with van der Waals surface area (Å²) in [5, 5.41) is 2.97. The lowest BCUT2D eigenvalue weighted by atomic mass is 10.2. The number of benzene rings is 1. The molecule has 0 bridgehead atoms. The van der Waals surface area contributed by atoms with Gasteiger partial charge in [-0.15, -0.1) is 11.6 Å². The minimum atomic E-state index is -0.558. The number of nitrogens with one attached hydrogen (secondary N) is 1. The van der Waals surface area contributed by atoms with Crippen LogP contribution in [0.4, 0.5) is 8.78 Å². The van der Waals surface area contributed by atoms with E-state index in [9.17, 15) is 8.78 Å². The molecule has 0 aliphatic rings. The van der Waals surface area contributed by atoms with E-state index < -0.39 is 11.6 Å². The Morgan fingerprint density at radius 2 is 2.14 bits per heavy atom. The minimum Gasteiger partial charge on any atom is -0.311 e. The Hall–Kier alpha value is -0.670. The van der Waals surface area contributed by atoms with E-state index in [0.29, 0.717) is 18.7 Å². The molecule has 0 fully saturated rings. The van der Waals surface area contributed by atoms with Gasteiger partial charge in [0.25, 0.3) is 0 Å². The molecule has 1 aromatic carbocycles. The molecule has 1 rings (SSSR count). The van der Waals surface area contributed by atoms with Crippen LogP contribution in [0.5, 0.6) is 0 Å². The van der Waals surface area contributed by atoms with E-state index in [2.05, 4.69) is 5.32 Å². The molecule has 0 amide bonds. The normalized spacial score (nSPS) is 12.9. The predicted octanol–water partition coefficient (Wildman–Crippen LogP) is 2.68. The van der Waals surface area contributed by atoms with Crippen molar-refractivity contribution >= 4 is 11.6 Å². The molecule has 0 spiro atoms. The highest BCUT2D eigenvalue weighted by Crippen LogP contribution is 2.09. The van der Waals surface area contributed by atoms with Crippen LogP contribution in [-0.4, -0.2) is 11.9 Å². The zero-order valence-corrected chi connectivity index (χ0v) is 8.61. The van der Waals surface area contributed by atoms with Gasteiger partial charge in [0.1, 0.15) is 11.6 Å². The molecule has 1 aromatic rings. The molecule has 0 heterocycles. The average molecular weight is 220 g/mol. The maximum absolute atomic E-state index is 13.1. The summed E-state index contributed by atoms with van der Waals surface area (Å²) >= 11 is 5.69. The van der Waals surface area contributed by atoms with Crippen molar-refractivity contribution in [3.05, 3.63) is 35.4 Å². The molecule has 0 saturated carbocycles. The molecule has 4 heteroatoms. The first-order valence-corrected chi connectivity index (χ1v) is 4.82. The highest BCUT2D eigenvalue weighted by Gasteiger charge is 2.03. The van der Waals surface area contributed by atoms with Crippen LogP contribution in [-0.2, 0) is 6.54 Å². The Balaban J connectivity index is 2.51. The van der Waals surface area contributed by atoms with Gasteiger partial charge in [-0.05, 0) is 13.0 Å². The van der Waals surface area contributed by atoms with Crippen LogP contribution in [0, 0.1) is 11.6 Å². The van der Waals surface area contributed by atoms with Crippen molar-refractivity contribution in [1.29, 1.82) is 0 Å². The summed E-state index contributed by atoms with van der Waals surface area (Å²) in [6.07, 6.45) is 0. The summed E-state index contributed by atoms with van der Waals surface area (Å²) in [6, 6.07) is 3.54. The lowest BCUT2D eigenvalue weighted by Crippen LogP contribution is -2.21. The van der Waals surface area contributed by atoms with Gasteiger partial charge >= 0.3 is 0 Å². The number of hydrogen-bond acceptors (Lipinski definition) is 1. The van der Waals surface area contributed by atoms with Gasteiger partial charge < -0.3 is 5.32 Å². The van der Waals surface area contributed by atoms with Crippen LogP contribution < -0.4 is 5.32 Å². The van der Waals surface area contributed by atoms with E-state index in [0.717, 1.165) is 6.07 Å². The van der Waals surface area contributed by atoms with Gasteiger partial charge in [0.15, 0.2) is 0 Å². The van der Waals surface area contributed by atoms with E-state index in [1.807, 2.05) is 6.92 Å². The van der Waals surface area contributed by atoms with Gasteiger partial charge in [0.2, 0.25) is 0 Å². The summed E-state index contributed by atoms with van der Waals surface area (Å²) in [5.41, 5.74) is 0.448. The zero-order valence-electron chi connectivity index (χ0n) is 7.86. The van der Waals surface area contributed by atoms with Crippen molar-refractivity contribution in [3.63, 3.8) is 0 Å². The Morgan fingerprint density at radius 3 is 2.71 bits per heavy atom. The molecule has 0 aliphatic carbocycles. The lowest BCUT2D eigenvalue weighted by molar-refractivity contribution is 0.560. The molecular formula is C10H12ClF2N. The monoisotopic (exact) mass is 219 g/mol. The molecule has 14 heavy (non-hydrogen) atoms. The fourth-order valence-corrected chi connectivity index (χ4v) is 1.18. The van der Waals surface area contributed by atoms with Crippen molar-refractivity contribution in [3.8, 4) is 0 Å². The lowest BCUT2D eigenvalue weighted by Gasteiger charge is -2.06. The topological polar surface area (TPSA) is 12.0 Å². The Morgan fingerprint density at radius 1 is 1.43 bits per heavy atom. The van der Waals surface area contributed by atoms with E-state index in [1.54, 1.807) is 0 Å². The summed E-state index contributed by atoms with van der Waals surface area (Å²) in [7, 11) is 0. The van der Waals surface area contributed by atoms with Crippen LogP contribution >= 0.6 is 11.6 Å². The summed E-state index contributed by atoms with van der Waals surface area (Å²) < 4.78 is 25.6. The van der Waals surface area contributed by atoms with Gasteiger partial charge in [0.05, 0.1) is 0 Å². The van der Waals surface area contributed by atoms with Crippen LogP contribution in [0.1, 0.15) is 12.5 Å². The second kappa shape index (κ2) is 5.27. The van der Waals surface area contributed by atoms with Crippen molar-refractivity contribution in [2.45, 2.75) is 18.8 Å².